The van der Waals surface area contributed by atoms with E-state index < -0.39 is 0 Å². The van der Waals surface area contributed by atoms with Crippen LogP contribution in [-0.4, -0.2) is 5.91 Å². The Morgan fingerprint density at radius 2 is 1.74 bits per heavy atom. The van der Waals surface area contributed by atoms with Gasteiger partial charge in [-0.3, -0.25) is 4.79 Å². The van der Waals surface area contributed by atoms with E-state index in [0.717, 1.165) is 12.0 Å². The van der Waals surface area contributed by atoms with Gasteiger partial charge in [0, 0.05) is 5.69 Å². The van der Waals surface area contributed by atoms with Crippen molar-refractivity contribution in [3.8, 4) is 0 Å². The zero-order valence-corrected chi connectivity index (χ0v) is 14.2. The molecule has 122 valence electrons. The van der Waals surface area contributed by atoms with Gasteiger partial charge >= 0.3 is 0 Å². The molecule has 0 bridgehead atoms. The molecule has 0 spiro atoms. The molecule has 23 heavy (non-hydrogen) atoms. The highest BCUT2D eigenvalue weighted by atomic mass is 16.1. The average molecular weight is 310 g/mol. The Balaban J connectivity index is 2.09. The van der Waals surface area contributed by atoms with Crippen LogP contribution in [-0.2, 0) is 11.2 Å². The van der Waals surface area contributed by atoms with Crippen molar-refractivity contribution in [3.63, 3.8) is 0 Å². The van der Waals surface area contributed by atoms with Crippen LogP contribution in [0.15, 0.2) is 48.5 Å². The number of aryl methyl sites for hydroxylation is 1. The summed E-state index contributed by atoms with van der Waals surface area (Å²) in [6.45, 7) is 6.45. The summed E-state index contributed by atoms with van der Waals surface area (Å²) >= 11 is 0. The van der Waals surface area contributed by atoms with Gasteiger partial charge in [-0.2, -0.15) is 0 Å². The Hall–Kier alpha value is -2.29. The summed E-state index contributed by atoms with van der Waals surface area (Å²) in [4.78, 5) is 12.4. The monoisotopic (exact) mass is 310 g/mol. The summed E-state index contributed by atoms with van der Waals surface area (Å²) in [5.74, 6) is 0.556. The highest BCUT2D eigenvalue weighted by molar-refractivity contribution is 5.79. The maximum atomic E-state index is 12.4. The van der Waals surface area contributed by atoms with Crippen LogP contribution in [0.5, 0.6) is 0 Å². The van der Waals surface area contributed by atoms with E-state index in [1.54, 1.807) is 0 Å². The summed E-state index contributed by atoms with van der Waals surface area (Å²) in [5.41, 5.74) is 9.79. The fraction of sp³-hybridized carbons (Fsp3) is 0.350. The number of nitrogens with one attached hydrogen (secondary N) is 1. The minimum absolute atomic E-state index is 0.0451. The first-order chi connectivity index (χ1) is 11.0. The highest BCUT2D eigenvalue weighted by Crippen LogP contribution is 2.24. The SMILES string of the molecule is Cc1ccccc1C(CC(C)C)NC(=O)Cc1ccc(N)cc1. The van der Waals surface area contributed by atoms with Gasteiger partial charge in [0.1, 0.15) is 0 Å². The van der Waals surface area contributed by atoms with Crippen LogP contribution in [0.3, 0.4) is 0 Å². The third-order valence-electron chi connectivity index (χ3n) is 3.95. The molecule has 3 heteroatoms. The normalized spacial score (nSPS) is 12.2. The number of nitrogen functional groups attached to an aromatic ring is 1. The summed E-state index contributed by atoms with van der Waals surface area (Å²) in [5, 5.41) is 3.20. The lowest BCUT2D eigenvalue weighted by molar-refractivity contribution is -0.121. The van der Waals surface area contributed by atoms with Crippen molar-refractivity contribution in [1.29, 1.82) is 0 Å². The number of nitrogens with two attached hydrogens (primary N) is 1. The smallest absolute Gasteiger partial charge is 0.224 e. The molecule has 2 aromatic rings. The Labute approximate surface area is 138 Å². The Morgan fingerprint density at radius 1 is 1.09 bits per heavy atom. The second kappa shape index (κ2) is 7.82. The molecule has 1 amide bonds. The van der Waals surface area contributed by atoms with Gasteiger partial charge in [-0.15, -0.1) is 0 Å². The van der Waals surface area contributed by atoms with Crippen LogP contribution in [0, 0.1) is 12.8 Å². The molecular weight excluding hydrogens is 284 g/mol. The molecule has 0 aliphatic rings. The molecule has 0 aromatic heterocycles. The first-order valence-electron chi connectivity index (χ1n) is 8.15. The maximum absolute atomic E-state index is 12.4. The molecule has 1 unspecified atom stereocenters. The second-order valence-electron chi connectivity index (χ2n) is 6.52. The molecule has 0 aliphatic carbocycles. The molecule has 0 saturated carbocycles. The number of amides is 1. The lowest BCUT2D eigenvalue weighted by Crippen LogP contribution is -2.31. The Morgan fingerprint density at radius 3 is 2.35 bits per heavy atom. The lowest BCUT2D eigenvalue weighted by Gasteiger charge is -2.23. The molecule has 3 nitrogen and oxygen atoms in total. The van der Waals surface area contributed by atoms with E-state index in [9.17, 15) is 4.79 Å². The van der Waals surface area contributed by atoms with Crippen molar-refractivity contribution in [2.24, 2.45) is 5.92 Å². The molecule has 3 N–H and O–H groups in total. The second-order valence-corrected chi connectivity index (χ2v) is 6.52. The molecule has 1 atom stereocenters. The van der Waals surface area contributed by atoms with Gasteiger partial charge in [-0.25, -0.2) is 0 Å². The van der Waals surface area contributed by atoms with Crippen LogP contribution >= 0.6 is 0 Å². The van der Waals surface area contributed by atoms with Gasteiger partial charge in [0.25, 0.3) is 0 Å². The largest absolute Gasteiger partial charge is 0.399 e. The van der Waals surface area contributed by atoms with Crippen molar-refractivity contribution < 1.29 is 4.79 Å². The zero-order chi connectivity index (χ0) is 16.8. The Kier molecular flexibility index (Phi) is 5.80. The molecular formula is C20H26N2O. The number of hydrogen-bond acceptors (Lipinski definition) is 2. The third kappa shape index (κ3) is 5.13. The molecule has 0 aliphatic heterocycles. The first kappa shape index (κ1) is 17.1. The van der Waals surface area contributed by atoms with E-state index >= 15 is 0 Å². The van der Waals surface area contributed by atoms with Crippen molar-refractivity contribution in [2.75, 3.05) is 5.73 Å². The standard InChI is InChI=1S/C20H26N2O/c1-14(2)12-19(18-7-5-4-6-15(18)3)22-20(23)13-16-8-10-17(21)11-9-16/h4-11,14,19H,12-13,21H2,1-3H3,(H,22,23). The lowest BCUT2D eigenvalue weighted by atomic mass is 9.93. The van der Waals surface area contributed by atoms with Crippen LogP contribution in [0.4, 0.5) is 5.69 Å². The average Bonchev–Trinajstić information content (AvgIpc) is 2.49. The Bertz CT molecular complexity index is 647. The number of hydrogen-bond donors (Lipinski definition) is 2. The maximum Gasteiger partial charge on any atom is 0.224 e. The van der Waals surface area contributed by atoms with Gasteiger partial charge in [0.05, 0.1) is 12.5 Å². The van der Waals surface area contributed by atoms with E-state index in [1.807, 2.05) is 36.4 Å². The van der Waals surface area contributed by atoms with Crippen LogP contribution < -0.4 is 11.1 Å². The molecule has 0 radical (unpaired) electrons. The van der Waals surface area contributed by atoms with Crippen LogP contribution in [0.25, 0.3) is 0 Å². The molecule has 0 fully saturated rings. The van der Waals surface area contributed by atoms with Gasteiger partial charge in [0.2, 0.25) is 5.91 Å². The van der Waals surface area contributed by atoms with E-state index in [0.29, 0.717) is 18.0 Å². The summed E-state index contributed by atoms with van der Waals surface area (Å²) in [6.07, 6.45) is 1.30. The highest BCUT2D eigenvalue weighted by Gasteiger charge is 2.17. The van der Waals surface area contributed by atoms with E-state index in [2.05, 4.69) is 38.2 Å². The van der Waals surface area contributed by atoms with E-state index in [-0.39, 0.29) is 11.9 Å². The summed E-state index contributed by atoms with van der Waals surface area (Å²) in [7, 11) is 0. The summed E-state index contributed by atoms with van der Waals surface area (Å²) < 4.78 is 0. The fourth-order valence-electron chi connectivity index (χ4n) is 2.78. The van der Waals surface area contributed by atoms with Crippen molar-refractivity contribution in [2.45, 2.75) is 39.7 Å². The van der Waals surface area contributed by atoms with E-state index in [4.69, 9.17) is 5.73 Å². The third-order valence-corrected chi connectivity index (χ3v) is 3.95. The zero-order valence-electron chi connectivity index (χ0n) is 14.2. The number of carbonyl (C=O) groups is 1. The minimum Gasteiger partial charge on any atom is -0.399 e. The minimum atomic E-state index is 0.0451. The van der Waals surface area contributed by atoms with Gasteiger partial charge in [-0.1, -0.05) is 50.2 Å². The predicted octanol–water partition coefficient (Wildman–Crippen LogP) is 4.02. The summed E-state index contributed by atoms with van der Waals surface area (Å²) in [6, 6.07) is 15.8. The first-order valence-corrected chi connectivity index (χ1v) is 8.15. The van der Waals surface area contributed by atoms with Crippen LogP contribution in [0.1, 0.15) is 43.0 Å². The number of anilines is 1. The topological polar surface area (TPSA) is 55.1 Å². The van der Waals surface area contributed by atoms with Crippen molar-refractivity contribution in [1.82, 2.24) is 5.32 Å². The number of rotatable bonds is 6. The van der Waals surface area contributed by atoms with Crippen LogP contribution in [0.2, 0.25) is 0 Å². The van der Waals surface area contributed by atoms with Crippen molar-refractivity contribution >= 4 is 11.6 Å². The molecule has 2 aromatic carbocycles. The van der Waals surface area contributed by atoms with Gasteiger partial charge < -0.3 is 11.1 Å². The fourth-order valence-corrected chi connectivity index (χ4v) is 2.78. The predicted molar refractivity (Wildman–Crippen MR) is 96.1 cm³/mol. The van der Waals surface area contributed by atoms with Crippen molar-refractivity contribution in [3.05, 3.63) is 65.2 Å². The molecule has 0 saturated heterocycles. The molecule has 0 heterocycles. The van der Waals surface area contributed by atoms with Gasteiger partial charge in [0.15, 0.2) is 0 Å². The quantitative estimate of drug-likeness (QED) is 0.792. The van der Waals surface area contributed by atoms with E-state index in [1.165, 1.54) is 11.1 Å². The number of carbonyl (C=O) groups excluding carboxylic acids is 1. The molecule has 2 rings (SSSR count). The van der Waals surface area contributed by atoms with Gasteiger partial charge in [-0.05, 0) is 48.1 Å². The number of benzene rings is 2.